The molecule has 30 heavy (non-hydrogen) atoms. The highest BCUT2D eigenvalue weighted by molar-refractivity contribution is 7.99. The van der Waals surface area contributed by atoms with Crippen molar-refractivity contribution in [3.05, 3.63) is 59.0 Å². The van der Waals surface area contributed by atoms with Gasteiger partial charge in [-0.2, -0.15) is 5.10 Å². The van der Waals surface area contributed by atoms with Gasteiger partial charge < -0.3 is 5.32 Å². The molecule has 1 aliphatic heterocycles. The van der Waals surface area contributed by atoms with Gasteiger partial charge in [-0.25, -0.2) is 9.67 Å². The highest BCUT2D eigenvalue weighted by Crippen LogP contribution is 2.50. The average Bonchev–Trinajstić information content (AvgIpc) is 3.29. The number of para-hydroxylation sites is 1. The molecule has 3 aromatic heterocycles. The lowest BCUT2D eigenvalue weighted by atomic mass is 10.1. The number of thioether (sulfide) groups is 1. The molecule has 1 aromatic carbocycles. The molecule has 0 atom stereocenters. The summed E-state index contributed by atoms with van der Waals surface area (Å²) < 4.78 is 1.88. The van der Waals surface area contributed by atoms with Crippen LogP contribution in [0.3, 0.4) is 0 Å². The standard InChI is InChI=1S/C21H16ClN5OS2/c1-11-7-8-13(9-23-11)17-20-18(27(26-17)16-6-4-3-5-14(16)22)19-15(10-29-20)25-21(30-19)24-12(2)28/h3-9H,10H2,1-2H3,(H,24,25,28). The third-order valence-electron chi connectivity index (χ3n) is 4.66. The number of amides is 1. The fourth-order valence-corrected chi connectivity index (χ4v) is 5.86. The normalized spacial score (nSPS) is 12.4. The molecule has 0 saturated carbocycles. The summed E-state index contributed by atoms with van der Waals surface area (Å²) in [5.74, 6) is 0.568. The minimum Gasteiger partial charge on any atom is -0.302 e. The number of aromatic nitrogens is 4. The van der Waals surface area contributed by atoms with E-state index < -0.39 is 0 Å². The lowest BCUT2D eigenvalue weighted by Gasteiger charge is -2.14. The Balaban J connectivity index is 1.76. The molecule has 5 rings (SSSR count). The topological polar surface area (TPSA) is 72.7 Å². The minimum atomic E-state index is -0.139. The Bertz CT molecular complexity index is 1280. The Morgan fingerprint density at radius 1 is 1.23 bits per heavy atom. The fraction of sp³-hybridized carbons (Fsp3) is 0.143. The molecule has 9 heteroatoms. The number of hydrogen-bond acceptors (Lipinski definition) is 6. The lowest BCUT2D eigenvalue weighted by molar-refractivity contribution is -0.114. The van der Waals surface area contributed by atoms with Gasteiger partial charge in [-0.15, -0.1) is 11.8 Å². The smallest absolute Gasteiger partial charge is 0.223 e. The number of thiazole rings is 1. The molecule has 0 spiro atoms. The van der Waals surface area contributed by atoms with Crippen molar-refractivity contribution >= 4 is 45.7 Å². The quantitative estimate of drug-likeness (QED) is 0.438. The van der Waals surface area contributed by atoms with E-state index in [0.29, 0.717) is 15.9 Å². The van der Waals surface area contributed by atoms with Gasteiger partial charge in [0.2, 0.25) is 5.91 Å². The van der Waals surface area contributed by atoms with Gasteiger partial charge in [-0.05, 0) is 31.2 Å². The van der Waals surface area contributed by atoms with Crippen LogP contribution in [-0.4, -0.2) is 25.7 Å². The van der Waals surface area contributed by atoms with E-state index in [9.17, 15) is 4.79 Å². The van der Waals surface area contributed by atoms with Crippen molar-refractivity contribution < 1.29 is 4.79 Å². The van der Waals surface area contributed by atoms with Crippen LogP contribution in [0.1, 0.15) is 18.3 Å². The Labute approximate surface area is 186 Å². The zero-order valence-corrected chi connectivity index (χ0v) is 18.5. The average molecular weight is 454 g/mol. The summed E-state index contributed by atoms with van der Waals surface area (Å²) in [6, 6.07) is 11.7. The van der Waals surface area contributed by atoms with E-state index in [0.717, 1.165) is 43.8 Å². The predicted molar refractivity (Wildman–Crippen MR) is 122 cm³/mol. The van der Waals surface area contributed by atoms with Crippen LogP contribution in [0.15, 0.2) is 47.5 Å². The Hall–Kier alpha value is -2.68. The minimum absolute atomic E-state index is 0.139. The summed E-state index contributed by atoms with van der Waals surface area (Å²) in [7, 11) is 0. The Morgan fingerprint density at radius 2 is 2.07 bits per heavy atom. The van der Waals surface area contributed by atoms with Gasteiger partial charge in [0.25, 0.3) is 0 Å². The van der Waals surface area contributed by atoms with Crippen LogP contribution in [0.5, 0.6) is 0 Å². The van der Waals surface area contributed by atoms with Crippen LogP contribution in [0.2, 0.25) is 5.02 Å². The van der Waals surface area contributed by atoms with Gasteiger partial charge in [-0.1, -0.05) is 35.1 Å². The zero-order valence-electron chi connectivity index (χ0n) is 16.1. The second-order valence-electron chi connectivity index (χ2n) is 6.84. The van der Waals surface area contributed by atoms with E-state index in [-0.39, 0.29) is 5.91 Å². The highest BCUT2D eigenvalue weighted by Gasteiger charge is 2.31. The molecule has 0 bridgehead atoms. The van der Waals surface area contributed by atoms with E-state index in [2.05, 4.69) is 15.3 Å². The largest absolute Gasteiger partial charge is 0.302 e. The third-order valence-corrected chi connectivity index (χ3v) is 7.09. The monoisotopic (exact) mass is 453 g/mol. The number of rotatable bonds is 3. The van der Waals surface area contributed by atoms with Gasteiger partial charge in [-0.3, -0.25) is 9.78 Å². The van der Waals surface area contributed by atoms with Crippen molar-refractivity contribution in [1.29, 1.82) is 0 Å². The number of nitrogens with one attached hydrogen (secondary N) is 1. The highest BCUT2D eigenvalue weighted by atomic mass is 35.5. The molecular formula is C21H16ClN5OS2. The molecule has 0 unspecified atom stereocenters. The second kappa shape index (κ2) is 7.54. The first-order chi connectivity index (χ1) is 14.5. The van der Waals surface area contributed by atoms with Crippen LogP contribution in [-0.2, 0) is 10.5 Å². The van der Waals surface area contributed by atoms with Crippen molar-refractivity contribution in [2.24, 2.45) is 0 Å². The van der Waals surface area contributed by atoms with Crippen molar-refractivity contribution in [3.63, 3.8) is 0 Å². The maximum absolute atomic E-state index is 11.5. The molecule has 1 aliphatic rings. The van der Waals surface area contributed by atoms with Crippen LogP contribution in [0, 0.1) is 6.92 Å². The zero-order chi connectivity index (χ0) is 20.8. The molecule has 6 nitrogen and oxygen atoms in total. The first-order valence-corrected chi connectivity index (χ1v) is 11.4. The second-order valence-corrected chi connectivity index (χ2v) is 9.23. The molecule has 0 aliphatic carbocycles. The molecule has 4 heterocycles. The van der Waals surface area contributed by atoms with Gasteiger partial charge in [0, 0.05) is 30.1 Å². The van der Waals surface area contributed by atoms with Crippen LogP contribution in [0.25, 0.3) is 27.5 Å². The van der Waals surface area contributed by atoms with Crippen molar-refractivity contribution in [2.75, 3.05) is 5.32 Å². The van der Waals surface area contributed by atoms with Gasteiger partial charge in [0.1, 0.15) is 11.4 Å². The van der Waals surface area contributed by atoms with Crippen molar-refractivity contribution in [2.45, 2.75) is 24.5 Å². The molecule has 0 fully saturated rings. The number of halogens is 1. The number of pyridine rings is 1. The number of carbonyl (C=O) groups excluding carboxylic acids is 1. The summed E-state index contributed by atoms with van der Waals surface area (Å²) in [5, 5.41) is 8.96. The number of carbonyl (C=O) groups is 1. The summed E-state index contributed by atoms with van der Waals surface area (Å²) in [6.45, 7) is 3.44. The fourth-order valence-electron chi connectivity index (χ4n) is 3.31. The molecule has 4 aromatic rings. The maximum Gasteiger partial charge on any atom is 0.223 e. The summed E-state index contributed by atoms with van der Waals surface area (Å²) in [4.78, 5) is 22.6. The van der Waals surface area contributed by atoms with Gasteiger partial charge in [0.15, 0.2) is 5.13 Å². The van der Waals surface area contributed by atoms with Crippen molar-refractivity contribution in [3.8, 4) is 27.5 Å². The molecular weight excluding hydrogens is 438 g/mol. The lowest BCUT2D eigenvalue weighted by Crippen LogP contribution is -2.05. The summed E-state index contributed by atoms with van der Waals surface area (Å²) >= 11 is 9.67. The van der Waals surface area contributed by atoms with E-state index in [1.54, 1.807) is 11.8 Å². The van der Waals surface area contributed by atoms with Crippen LogP contribution < -0.4 is 5.32 Å². The number of hydrogen-bond donors (Lipinski definition) is 1. The SMILES string of the molecule is CC(=O)Nc1nc2c(s1)-c1c(c(-c3ccc(C)nc3)nn1-c1ccccc1Cl)SC2. The number of anilines is 1. The van der Waals surface area contributed by atoms with Gasteiger partial charge >= 0.3 is 0 Å². The first kappa shape index (κ1) is 19.3. The van der Waals surface area contributed by atoms with E-state index in [1.165, 1.54) is 18.3 Å². The molecule has 1 amide bonds. The molecule has 150 valence electrons. The number of aryl methyl sites for hydroxylation is 1. The predicted octanol–water partition coefficient (Wildman–Crippen LogP) is 5.58. The van der Waals surface area contributed by atoms with Crippen molar-refractivity contribution in [1.82, 2.24) is 19.7 Å². The summed E-state index contributed by atoms with van der Waals surface area (Å²) in [6.07, 6.45) is 1.85. The van der Waals surface area contributed by atoms with Gasteiger partial charge in [0.05, 0.1) is 26.2 Å². The van der Waals surface area contributed by atoms with E-state index in [1.807, 2.05) is 54.2 Å². The van der Waals surface area contributed by atoms with Crippen LogP contribution in [0.4, 0.5) is 5.13 Å². The maximum atomic E-state index is 11.5. The molecule has 1 N–H and O–H groups in total. The number of fused-ring (bicyclic) bond motifs is 3. The summed E-state index contributed by atoms with van der Waals surface area (Å²) in [5.41, 5.74) is 5.44. The number of nitrogens with zero attached hydrogens (tertiary/aromatic N) is 4. The first-order valence-electron chi connectivity index (χ1n) is 9.22. The molecule has 0 saturated heterocycles. The third kappa shape index (κ3) is 3.30. The van der Waals surface area contributed by atoms with Crippen LogP contribution >= 0.6 is 34.7 Å². The molecule has 0 radical (unpaired) electrons. The van der Waals surface area contributed by atoms with E-state index in [4.69, 9.17) is 16.7 Å². The Morgan fingerprint density at radius 3 is 2.80 bits per heavy atom. The Kier molecular flexibility index (Phi) is 4.85. The number of benzene rings is 1. The van der Waals surface area contributed by atoms with E-state index >= 15 is 0 Å².